The average molecular weight is 511 g/mol. The van der Waals surface area contributed by atoms with Crippen molar-refractivity contribution in [1.29, 1.82) is 0 Å². The van der Waals surface area contributed by atoms with Crippen LogP contribution in [0.4, 0.5) is 0 Å². The Morgan fingerprint density at radius 1 is 0.893 bits per heavy atom. The smallest absolute Gasteiger partial charge is 0.347 e. The quantitative estimate of drug-likeness (QED) is 0.563. The summed E-state index contributed by atoms with van der Waals surface area (Å²) in [6.45, 7) is 3.05. The zero-order valence-electron chi connectivity index (χ0n) is 15.7. The van der Waals surface area contributed by atoms with E-state index in [1.165, 1.54) is 25.7 Å². The van der Waals surface area contributed by atoms with Gasteiger partial charge in [0.15, 0.2) is 0 Å². The summed E-state index contributed by atoms with van der Waals surface area (Å²) in [6.07, 6.45) is 4.91. The van der Waals surface area contributed by atoms with E-state index >= 15 is 0 Å². The molecular weight excluding hydrogens is 486 g/mol. The van der Waals surface area contributed by atoms with Crippen molar-refractivity contribution in [3.8, 4) is 0 Å². The van der Waals surface area contributed by atoms with Gasteiger partial charge in [-0.1, -0.05) is 69.0 Å². The lowest BCUT2D eigenvalue weighted by Crippen LogP contribution is -2.40. The van der Waals surface area contributed by atoms with E-state index in [1.807, 2.05) is 24.3 Å². The van der Waals surface area contributed by atoms with Crippen molar-refractivity contribution in [3.05, 3.63) is 68.6 Å². The minimum Gasteiger partial charge on any atom is -0.462 e. The van der Waals surface area contributed by atoms with Gasteiger partial charge in [0, 0.05) is 15.5 Å². The second-order valence-corrected chi connectivity index (χ2v) is 8.95. The molecule has 1 aliphatic heterocycles. The van der Waals surface area contributed by atoms with Crippen LogP contribution in [0.2, 0.25) is 0 Å². The number of carbonyl (C=O) groups is 1. The standard InChI is InChI=1S/C22H25Br2NO3/c23-19-9-5-17(6-10-19)22(27,18-7-11-20(24)12-8-18)21(26)28-16-15-25-13-3-1-2-4-14-25/h5-12,27H,1-4,13-16H2. The molecule has 6 heteroatoms. The van der Waals surface area contributed by atoms with E-state index in [9.17, 15) is 9.90 Å². The number of benzene rings is 2. The third-order valence-corrected chi connectivity index (χ3v) is 6.22. The van der Waals surface area contributed by atoms with E-state index in [4.69, 9.17) is 4.74 Å². The fourth-order valence-electron chi connectivity index (χ4n) is 3.52. The summed E-state index contributed by atoms with van der Waals surface area (Å²) in [4.78, 5) is 15.4. The molecule has 1 N–H and O–H groups in total. The highest BCUT2D eigenvalue weighted by atomic mass is 79.9. The molecule has 0 aromatic heterocycles. The average Bonchev–Trinajstić information content (AvgIpc) is 2.97. The number of rotatable bonds is 6. The molecule has 0 aliphatic carbocycles. The van der Waals surface area contributed by atoms with Crippen LogP contribution in [-0.2, 0) is 15.1 Å². The molecule has 2 aromatic rings. The lowest BCUT2D eigenvalue weighted by Gasteiger charge is -2.28. The Labute approximate surface area is 183 Å². The number of likely N-dealkylation sites (tertiary alicyclic amines) is 1. The maximum absolute atomic E-state index is 13.0. The van der Waals surface area contributed by atoms with Gasteiger partial charge in [0.2, 0.25) is 5.60 Å². The van der Waals surface area contributed by atoms with E-state index in [1.54, 1.807) is 24.3 Å². The minimum absolute atomic E-state index is 0.272. The van der Waals surface area contributed by atoms with Gasteiger partial charge in [-0.25, -0.2) is 4.79 Å². The summed E-state index contributed by atoms with van der Waals surface area (Å²) in [7, 11) is 0. The number of nitrogens with zero attached hydrogens (tertiary/aromatic N) is 1. The summed E-state index contributed by atoms with van der Waals surface area (Å²) in [6, 6.07) is 14.2. The molecule has 1 heterocycles. The monoisotopic (exact) mass is 509 g/mol. The van der Waals surface area contributed by atoms with Crippen molar-refractivity contribution in [2.24, 2.45) is 0 Å². The van der Waals surface area contributed by atoms with E-state index < -0.39 is 11.6 Å². The Kier molecular flexibility index (Phi) is 7.69. The molecule has 0 unspecified atom stereocenters. The molecule has 3 rings (SSSR count). The summed E-state index contributed by atoms with van der Waals surface area (Å²) < 4.78 is 7.32. The van der Waals surface area contributed by atoms with Gasteiger partial charge >= 0.3 is 5.97 Å². The molecule has 150 valence electrons. The van der Waals surface area contributed by atoms with E-state index in [-0.39, 0.29) is 6.61 Å². The Morgan fingerprint density at radius 2 is 1.36 bits per heavy atom. The van der Waals surface area contributed by atoms with Crippen molar-refractivity contribution < 1.29 is 14.6 Å². The molecular formula is C22H25Br2NO3. The first-order chi connectivity index (χ1) is 13.5. The Hall–Kier alpha value is -1.21. The topological polar surface area (TPSA) is 49.8 Å². The zero-order chi connectivity index (χ0) is 20.0. The van der Waals surface area contributed by atoms with Crippen LogP contribution < -0.4 is 0 Å². The van der Waals surface area contributed by atoms with Gasteiger partial charge in [0.05, 0.1) is 0 Å². The highest BCUT2D eigenvalue weighted by molar-refractivity contribution is 9.10. The van der Waals surface area contributed by atoms with Crippen molar-refractivity contribution in [2.45, 2.75) is 31.3 Å². The third-order valence-electron chi connectivity index (χ3n) is 5.16. The predicted octanol–water partition coefficient (Wildman–Crippen LogP) is 4.87. The van der Waals surface area contributed by atoms with E-state index in [0.717, 1.165) is 22.0 Å². The molecule has 0 bridgehead atoms. The maximum atomic E-state index is 13.0. The molecule has 0 atom stereocenters. The second-order valence-electron chi connectivity index (χ2n) is 7.12. The number of carbonyl (C=O) groups excluding carboxylic acids is 1. The molecule has 0 amide bonds. The van der Waals surface area contributed by atoms with E-state index in [2.05, 4.69) is 36.8 Å². The normalized spacial score (nSPS) is 15.8. The van der Waals surface area contributed by atoms with Gasteiger partial charge in [0.1, 0.15) is 6.61 Å². The van der Waals surface area contributed by atoms with Gasteiger partial charge in [-0.3, -0.25) is 4.90 Å². The number of halogens is 2. The number of aliphatic hydroxyl groups is 1. The first-order valence-electron chi connectivity index (χ1n) is 9.64. The van der Waals surface area contributed by atoms with Crippen LogP contribution in [0.25, 0.3) is 0 Å². The van der Waals surface area contributed by atoms with Crippen LogP contribution in [0.15, 0.2) is 57.5 Å². The van der Waals surface area contributed by atoms with Gasteiger partial charge in [-0.2, -0.15) is 0 Å². The van der Waals surface area contributed by atoms with Crippen LogP contribution in [0.5, 0.6) is 0 Å². The minimum atomic E-state index is -1.85. The van der Waals surface area contributed by atoms with Crippen LogP contribution >= 0.6 is 31.9 Å². The molecule has 28 heavy (non-hydrogen) atoms. The number of hydrogen-bond donors (Lipinski definition) is 1. The van der Waals surface area contributed by atoms with Gasteiger partial charge in [-0.15, -0.1) is 0 Å². The molecule has 4 nitrogen and oxygen atoms in total. The molecule has 1 fully saturated rings. The Morgan fingerprint density at radius 3 is 1.82 bits per heavy atom. The van der Waals surface area contributed by atoms with Gasteiger partial charge in [0.25, 0.3) is 0 Å². The highest BCUT2D eigenvalue weighted by Gasteiger charge is 2.41. The van der Waals surface area contributed by atoms with Crippen LogP contribution in [0.1, 0.15) is 36.8 Å². The highest BCUT2D eigenvalue weighted by Crippen LogP contribution is 2.33. The van der Waals surface area contributed by atoms with E-state index in [0.29, 0.717) is 17.7 Å². The van der Waals surface area contributed by atoms with Crippen molar-refractivity contribution in [3.63, 3.8) is 0 Å². The van der Waals surface area contributed by atoms with Crippen molar-refractivity contribution in [2.75, 3.05) is 26.2 Å². The lowest BCUT2D eigenvalue weighted by atomic mass is 9.86. The molecule has 1 saturated heterocycles. The van der Waals surface area contributed by atoms with Crippen LogP contribution in [0, 0.1) is 0 Å². The molecule has 0 radical (unpaired) electrons. The van der Waals surface area contributed by atoms with Crippen LogP contribution in [0.3, 0.4) is 0 Å². The first kappa shape index (κ1) is 21.5. The summed E-state index contributed by atoms with van der Waals surface area (Å²) >= 11 is 6.80. The predicted molar refractivity (Wildman–Crippen MR) is 117 cm³/mol. The summed E-state index contributed by atoms with van der Waals surface area (Å²) in [5, 5.41) is 11.5. The molecule has 0 spiro atoms. The maximum Gasteiger partial charge on any atom is 0.347 e. The Balaban J connectivity index is 1.77. The summed E-state index contributed by atoms with van der Waals surface area (Å²) in [5.74, 6) is -0.646. The van der Waals surface area contributed by atoms with Gasteiger partial charge in [-0.05, 0) is 61.3 Å². The fourth-order valence-corrected chi connectivity index (χ4v) is 4.04. The lowest BCUT2D eigenvalue weighted by molar-refractivity contribution is -0.162. The third kappa shape index (κ3) is 5.23. The SMILES string of the molecule is O=C(OCCN1CCCCCC1)C(O)(c1ccc(Br)cc1)c1ccc(Br)cc1. The second kappa shape index (κ2) is 10.0. The van der Waals surface area contributed by atoms with Crippen molar-refractivity contribution >= 4 is 37.8 Å². The fraction of sp³-hybridized carbons (Fsp3) is 0.409. The largest absolute Gasteiger partial charge is 0.462 e. The molecule has 0 saturated carbocycles. The molecule has 2 aromatic carbocycles. The number of ether oxygens (including phenoxy) is 1. The Bertz CT molecular complexity index is 724. The number of esters is 1. The van der Waals surface area contributed by atoms with Crippen LogP contribution in [-0.4, -0.2) is 42.2 Å². The van der Waals surface area contributed by atoms with Gasteiger partial charge < -0.3 is 9.84 Å². The molecule has 1 aliphatic rings. The number of hydrogen-bond acceptors (Lipinski definition) is 4. The van der Waals surface area contributed by atoms with Crippen molar-refractivity contribution in [1.82, 2.24) is 4.90 Å². The first-order valence-corrected chi connectivity index (χ1v) is 11.2. The zero-order valence-corrected chi connectivity index (χ0v) is 18.9. The summed E-state index contributed by atoms with van der Waals surface area (Å²) in [5.41, 5.74) is -0.879.